The van der Waals surface area contributed by atoms with Crippen LogP contribution in [-0.2, 0) is 0 Å². The molecule has 7 nitrogen and oxygen atoms in total. The molecule has 0 saturated carbocycles. The predicted molar refractivity (Wildman–Crippen MR) is 101 cm³/mol. The summed E-state index contributed by atoms with van der Waals surface area (Å²) >= 11 is 0. The lowest BCUT2D eigenvalue weighted by Crippen LogP contribution is -2.63. The Bertz CT molecular complexity index is 881. The Morgan fingerprint density at radius 2 is 1.73 bits per heavy atom. The van der Waals surface area contributed by atoms with Crippen LogP contribution in [-0.4, -0.2) is 70.1 Å². The molecule has 0 N–H and O–H groups in total. The molecule has 0 radical (unpaired) electrons. The number of hydrogen-bond donors (Lipinski definition) is 0. The van der Waals surface area contributed by atoms with Gasteiger partial charge in [0.1, 0.15) is 18.0 Å². The van der Waals surface area contributed by atoms with Crippen molar-refractivity contribution in [1.29, 1.82) is 0 Å². The highest BCUT2D eigenvalue weighted by Gasteiger charge is 2.35. The average Bonchev–Trinajstić information content (AvgIpc) is 2.68. The topological polar surface area (TPSA) is 61.3 Å². The first-order valence-electron chi connectivity index (χ1n) is 9.08. The maximum absolute atomic E-state index is 4.51. The highest BCUT2D eigenvalue weighted by atomic mass is 15.4. The lowest BCUT2D eigenvalue weighted by molar-refractivity contribution is 0.156. The summed E-state index contributed by atoms with van der Waals surface area (Å²) in [6.45, 7) is 6.30. The van der Waals surface area contributed by atoms with Crippen molar-refractivity contribution in [2.24, 2.45) is 0 Å². The van der Waals surface area contributed by atoms with Crippen LogP contribution >= 0.6 is 0 Å². The minimum absolute atomic E-state index is 0.604. The number of anilines is 2. The Morgan fingerprint density at radius 3 is 2.54 bits per heavy atom. The summed E-state index contributed by atoms with van der Waals surface area (Å²) in [6.07, 6.45) is 7.11. The molecule has 0 unspecified atom stereocenters. The minimum Gasteiger partial charge on any atom is -0.354 e. The predicted octanol–water partition coefficient (Wildman–Crippen LogP) is 1.43. The molecule has 0 spiro atoms. The van der Waals surface area contributed by atoms with Gasteiger partial charge in [0, 0.05) is 63.1 Å². The van der Waals surface area contributed by atoms with Crippen LogP contribution in [0.4, 0.5) is 11.6 Å². The molecule has 2 fully saturated rings. The van der Waals surface area contributed by atoms with E-state index in [-0.39, 0.29) is 0 Å². The molecule has 132 valence electrons. The van der Waals surface area contributed by atoms with Gasteiger partial charge in [0.05, 0.1) is 11.7 Å². The number of pyridine rings is 2. The molecule has 0 aromatic carbocycles. The van der Waals surface area contributed by atoms with E-state index in [0.29, 0.717) is 6.04 Å². The molecule has 26 heavy (non-hydrogen) atoms. The summed E-state index contributed by atoms with van der Waals surface area (Å²) in [4.78, 5) is 24.8. The van der Waals surface area contributed by atoms with Crippen molar-refractivity contribution in [3.05, 3.63) is 49.2 Å². The van der Waals surface area contributed by atoms with Gasteiger partial charge in [0.15, 0.2) is 0 Å². The fourth-order valence-electron chi connectivity index (χ4n) is 3.86. The largest absolute Gasteiger partial charge is 0.354 e. The maximum atomic E-state index is 4.51. The molecule has 3 aromatic rings. The highest BCUT2D eigenvalue weighted by Crippen LogP contribution is 2.28. The Hall–Kier alpha value is -2.80. The summed E-state index contributed by atoms with van der Waals surface area (Å²) < 4.78 is 0. The van der Waals surface area contributed by atoms with Crippen molar-refractivity contribution in [1.82, 2.24) is 24.8 Å². The molecule has 3 aromatic heterocycles. The van der Waals surface area contributed by atoms with Gasteiger partial charge in [0.2, 0.25) is 0 Å². The first-order valence-corrected chi connectivity index (χ1v) is 9.08. The molecule has 5 heterocycles. The van der Waals surface area contributed by atoms with Crippen molar-refractivity contribution in [2.75, 3.05) is 49.1 Å². The van der Waals surface area contributed by atoms with Gasteiger partial charge < -0.3 is 9.80 Å². The second-order valence-electron chi connectivity index (χ2n) is 6.86. The van der Waals surface area contributed by atoms with E-state index in [1.54, 1.807) is 12.5 Å². The molecule has 0 aliphatic carbocycles. The molecular weight excluding hydrogens is 326 g/mol. The van der Waals surface area contributed by atoms with Crippen molar-refractivity contribution >= 4 is 22.5 Å². The number of piperazine rings is 1. The quantitative estimate of drug-likeness (QED) is 0.710. The van der Waals surface area contributed by atoms with Gasteiger partial charge in [-0.25, -0.2) is 15.0 Å². The van der Waals surface area contributed by atoms with Gasteiger partial charge in [0.25, 0.3) is 0 Å². The van der Waals surface area contributed by atoms with Crippen LogP contribution < -0.4 is 9.80 Å². The van der Waals surface area contributed by atoms with Gasteiger partial charge in [-0.15, -0.1) is 0 Å². The molecule has 2 saturated heterocycles. The van der Waals surface area contributed by atoms with E-state index in [1.807, 2.05) is 24.5 Å². The summed E-state index contributed by atoms with van der Waals surface area (Å²) in [6, 6.07) is 8.72. The van der Waals surface area contributed by atoms with Crippen LogP contribution in [0.1, 0.15) is 0 Å². The average molecular weight is 347 g/mol. The maximum Gasteiger partial charge on any atom is 0.140 e. The second-order valence-corrected chi connectivity index (χ2v) is 6.86. The summed E-state index contributed by atoms with van der Waals surface area (Å²) in [5, 5.41) is 1.08. The van der Waals surface area contributed by atoms with E-state index >= 15 is 0 Å². The van der Waals surface area contributed by atoms with Gasteiger partial charge in [-0.2, -0.15) is 0 Å². The van der Waals surface area contributed by atoms with Crippen LogP contribution in [0.3, 0.4) is 0 Å². The van der Waals surface area contributed by atoms with Gasteiger partial charge in [-0.3, -0.25) is 9.88 Å². The Balaban J connectivity index is 1.21. The third kappa shape index (κ3) is 2.74. The van der Waals surface area contributed by atoms with E-state index in [1.165, 1.54) is 0 Å². The fraction of sp³-hybridized carbons (Fsp3) is 0.368. The van der Waals surface area contributed by atoms with Gasteiger partial charge in [-0.1, -0.05) is 6.07 Å². The van der Waals surface area contributed by atoms with Crippen LogP contribution in [0, 0.1) is 0 Å². The minimum atomic E-state index is 0.604. The zero-order valence-corrected chi connectivity index (χ0v) is 14.6. The van der Waals surface area contributed by atoms with E-state index in [2.05, 4.69) is 46.8 Å². The van der Waals surface area contributed by atoms with Crippen LogP contribution in [0.15, 0.2) is 49.2 Å². The van der Waals surface area contributed by atoms with Crippen molar-refractivity contribution in [3.63, 3.8) is 0 Å². The van der Waals surface area contributed by atoms with E-state index in [0.717, 1.165) is 61.8 Å². The number of rotatable bonds is 3. The van der Waals surface area contributed by atoms with E-state index in [4.69, 9.17) is 0 Å². The molecule has 0 amide bonds. The lowest BCUT2D eigenvalue weighted by atomic mass is 10.1. The summed E-state index contributed by atoms with van der Waals surface area (Å²) in [5.74, 6) is 2.12. The SMILES string of the molecule is c1ccc(N2CCN(C3CN(c4ncnc5cnccc45)C3)CC2)nc1. The summed E-state index contributed by atoms with van der Waals surface area (Å²) in [7, 11) is 0. The molecule has 7 heteroatoms. The molecule has 5 rings (SSSR count). The molecule has 2 aliphatic rings. The van der Waals surface area contributed by atoms with Gasteiger partial charge in [-0.05, 0) is 18.2 Å². The lowest BCUT2D eigenvalue weighted by Gasteiger charge is -2.48. The van der Waals surface area contributed by atoms with Crippen molar-refractivity contribution < 1.29 is 0 Å². The number of fused-ring (bicyclic) bond motifs is 1. The highest BCUT2D eigenvalue weighted by molar-refractivity contribution is 5.88. The fourth-order valence-corrected chi connectivity index (χ4v) is 3.86. The van der Waals surface area contributed by atoms with E-state index in [9.17, 15) is 0 Å². The number of hydrogen-bond acceptors (Lipinski definition) is 7. The van der Waals surface area contributed by atoms with Crippen molar-refractivity contribution in [2.45, 2.75) is 6.04 Å². The zero-order chi connectivity index (χ0) is 17.3. The third-order valence-corrected chi connectivity index (χ3v) is 5.38. The summed E-state index contributed by atoms with van der Waals surface area (Å²) in [5.41, 5.74) is 0.907. The number of nitrogens with zero attached hydrogens (tertiary/aromatic N) is 7. The molecule has 0 bridgehead atoms. The number of aromatic nitrogens is 4. The van der Waals surface area contributed by atoms with Gasteiger partial charge >= 0.3 is 0 Å². The first-order chi connectivity index (χ1) is 12.9. The Morgan fingerprint density at radius 1 is 0.846 bits per heavy atom. The Kier molecular flexibility index (Phi) is 3.86. The monoisotopic (exact) mass is 347 g/mol. The smallest absolute Gasteiger partial charge is 0.140 e. The second kappa shape index (κ2) is 6.49. The molecule has 0 atom stereocenters. The zero-order valence-electron chi connectivity index (χ0n) is 14.6. The standard InChI is InChI=1S/C19H21N7/c1-2-5-21-18(3-1)25-9-7-24(8-10-25)15-12-26(13-15)19-16-4-6-20-11-17(16)22-14-23-19/h1-6,11,14-15H,7-10,12-13H2. The first kappa shape index (κ1) is 15.5. The normalized spacial score (nSPS) is 18.9. The molecule has 2 aliphatic heterocycles. The van der Waals surface area contributed by atoms with Crippen LogP contribution in [0.25, 0.3) is 10.9 Å². The molecular formula is C19H21N7. The van der Waals surface area contributed by atoms with Crippen LogP contribution in [0.5, 0.6) is 0 Å². The van der Waals surface area contributed by atoms with Crippen molar-refractivity contribution in [3.8, 4) is 0 Å². The van der Waals surface area contributed by atoms with Crippen LogP contribution in [0.2, 0.25) is 0 Å². The van der Waals surface area contributed by atoms with E-state index < -0.39 is 0 Å². The third-order valence-electron chi connectivity index (χ3n) is 5.38. The Labute approximate surface area is 152 Å².